The molecule has 4 fully saturated rings. The maximum atomic E-state index is 17.5. The van der Waals surface area contributed by atoms with Crippen LogP contribution in [0.2, 0.25) is 0 Å². The van der Waals surface area contributed by atoms with E-state index in [1.807, 2.05) is 0 Å². The third-order valence-electron chi connectivity index (χ3n) is 10.7. The lowest BCUT2D eigenvalue weighted by Gasteiger charge is -2.63. The van der Waals surface area contributed by atoms with Crippen LogP contribution in [0.25, 0.3) is 0 Å². The Bertz CT molecular complexity index is 1190. The van der Waals surface area contributed by atoms with E-state index in [0.717, 1.165) is 25.3 Å². The first-order chi connectivity index (χ1) is 19.7. The van der Waals surface area contributed by atoms with Gasteiger partial charge in [-0.25, -0.2) is 13.6 Å². The molecule has 11 heteroatoms. The molecule has 0 radical (unpaired) electrons. The Labute approximate surface area is 245 Å². The molecule has 1 aliphatic heterocycles. The molecule has 0 spiro atoms. The molecule has 0 unspecified atom stereocenters. The summed E-state index contributed by atoms with van der Waals surface area (Å²) in [6.07, 6.45) is 1.74. The predicted molar refractivity (Wildman–Crippen MR) is 147 cm³/mol. The van der Waals surface area contributed by atoms with Gasteiger partial charge in [0, 0.05) is 16.7 Å². The number of unbranched alkanes of at least 4 members (excludes halogenated alkanes) is 3. The highest BCUT2D eigenvalue weighted by Gasteiger charge is 2.80. The maximum absolute atomic E-state index is 17.5. The summed E-state index contributed by atoms with van der Waals surface area (Å²) in [6.45, 7) is 6.69. The van der Waals surface area contributed by atoms with Crippen molar-refractivity contribution in [3.8, 4) is 0 Å². The van der Waals surface area contributed by atoms with Gasteiger partial charge in [0.2, 0.25) is 5.78 Å². The lowest BCUT2D eigenvalue weighted by Crippen LogP contribution is -2.71. The molecule has 0 aromatic heterocycles. The minimum Gasteiger partial charge on any atom is -0.434 e. The maximum Gasteiger partial charge on any atom is 0.508 e. The highest BCUT2D eigenvalue weighted by atomic mass is 19.1. The van der Waals surface area contributed by atoms with Gasteiger partial charge in [-0.2, -0.15) is 0 Å². The van der Waals surface area contributed by atoms with E-state index in [4.69, 9.17) is 24.7 Å². The largest absolute Gasteiger partial charge is 0.508 e. The van der Waals surface area contributed by atoms with Crippen molar-refractivity contribution in [3.05, 3.63) is 23.8 Å². The van der Waals surface area contributed by atoms with Gasteiger partial charge >= 0.3 is 6.16 Å². The number of Topliss-reactive ketones (excluding diaryl/α,β-unsaturated/α-hetero) is 1. The Morgan fingerprint density at radius 3 is 2.52 bits per heavy atom. The lowest BCUT2D eigenvalue weighted by atomic mass is 9.44. The van der Waals surface area contributed by atoms with Crippen LogP contribution in [0.4, 0.5) is 13.6 Å². The van der Waals surface area contributed by atoms with Crippen molar-refractivity contribution >= 4 is 17.7 Å². The molecule has 9 nitrogen and oxygen atoms in total. The molecule has 0 bridgehead atoms. The van der Waals surface area contributed by atoms with Crippen molar-refractivity contribution in [2.45, 2.75) is 108 Å². The second kappa shape index (κ2) is 10.7. The van der Waals surface area contributed by atoms with Crippen LogP contribution in [0.1, 0.15) is 72.6 Å². The molecule has 234 valence electrons. The van der Waals surface area contributed by atoms with Crippen molar-refractivity contribution in [2.24, 2.45) is 28.4 Å². The van der Waals surface area contributed by atoms with Crippen LogP contribution in [0.5, 0.6) is 0 Å². The zero-order valence-corrected chi connectivity index (χ0v) is 24.8. The monoisotopic (exact) mass is 595 g/mol. The molecule has 9 atom stereocenters. The average Bonchev–Trinajstić information content (AvgIpc) is 3.33. The van der Waals surface area contributed by atoms with Gasteiger partial charge in [-0.15, -0.1) is 0 Å². The normalized spacial score (nSPS) is 43.1. The summed E-state index contributed by atoms with van der Waals surface area (Å²) in [7, 11) is 0. The number of allylic oxidation sites excluding steroid dienone is 4. The van der Waals surface area contributed by atoms with Crippen LogP contribution >= 0.6 is 0 Å². The number of fused-ring (bicyclic) bond motifs is 7. The number of aliphatic hydroxyl groups is 1. The first-order valence-electron chi connectivity index (χ1n) is 15.0. The number of nitrogens with two attached hydrogens (primary N) is 1. The van der Waals surface area contributed by atoms with Crippen LogP contribution in [0, 0.1) is 22.7 Å². The van der Waals surface area contributed by atoms with Crippen molar-refractivity contribution in [1.82, 2.24) is 0 Å². The Hall–Kier alpha value is -2.21. The molecule has 42 heavy (non-hydrogen) atoms. The summed E-state index contributed by atoms with van der Waals surface area (Å²) < 4.78 is 56.1. The van der Waals surface area contributed by atoms with Crippen molar-refractivity contribution < 1.29 is 47.2 Å². The van der Waals surface area contributed by atoms with Gasteiger partial charge in [0.15, 0.2) is 29.4 Å². The quantitative estimate of drug-likeness (QED) is 0.299. The van der Waals surface area contributed by atoms with E-state index in [0.29, 0.717) is 13.0 Å². The zero-order valence-electron chi connectivity index (χ0n) is 24.8. The summed E-state index contributed by atoms with van der Waals surface area (Å²) in [5.41, 5.74) is -1.18. The van der Waals surface area contributed by atoms with Crippen LogP contribution < -0.4 is 5.73 Å². The molecule has 0 amide bonds. The summed E-state index contributed by atoms with van der Waals surface area (Å²) >= 11 is 0. The minimum absolute atomic E-state index is 0.0281. The zero-order chi connectivity index (χ0) is 30.7. The molecule has 4 aliphatic carbocycles. The Balaban J connectivity index is 1.40. The molecular weight excluding hydrogens is 552 g/mol. The van der Waals surface area contributed by atoms with Crippen molar-refractivity contribution in [2.75, 3.05) is 19.8 Å². The van der Waals surface area contributed by atoms with Crippen molar-refractivity contribution in [3.63, 3.8) is 0 Å². The summed E-state index contributed by atoms with van der Waals surface area (Å²) in [4.78, 5) is 38.4. The SMILES string of the molecule is CC1(C)O[C@@H]2C[C@H]3[C@@H]4C[C@H](F)C5=CC(=O)C=C[C@]5(C)[C@@]4(F)[C@@H](O)C[C@]3(C)[C@]2(C(=O)COC(=O)OCCCCCCN)O1. The lowest BCUT2D eigenvalue weighted by molar-refractivity contribution is -0.249. The average molecular weight is 596 g/mol. The number of carbonyl (C=O) groups is 3. The summed E-state index contributed by atoms with van der Waals surface area (Å²) in [6, 6.07) is 0. The van der Waals surface area contributed by atoms with E-state index in [1.54, 1.807) is 20.8 Å². The number of carbonyl (C=O) groups excluding carboxylic acids is 3. The number of halogens is 2. The molecule has 5 rings (SSSR count). The number of ether oxygens (including phenoxy) is 4. The third kappa shape index (κ3) is 4.49. The first-order valence-corrected chi connectivity index (χ1v) is 15.0. The number of alkyl halides is 2. The molecular formula is C31H43F2NO8. The van der Waals surface area contributed by atoms with Gasteiger partial charge < -0.3 is 29.8 Å². The predicted octanol–water partition coefficient (Wildman–Crippen LogP) is 4.05. The standard InChI is InChI=1S/C31H43F2NO8/c1-27(2)41-25-15-19-20-14-22(32)21-13-18(35)9-10-28(21,3)30(20,33)23(36)16-29(19,4)31(25,42-27)24(37)17-40-26(38)39-12-8-6-5-7-11-34/h9-10,13,19-20,22-23,25,36H,5-8,11-12,14-17,34H2,1-4H3/t19-,20-,22-,23-,25+,28-,29-,30-,31+/m0/s1. The van der Waals surface area contributed by atoms with E-state index in [-0.39, 0.29) is 31.4 Å². The number of ketones is 2. The van der Waals surface area contributed by atoms with Gasteiger partial charge in [0.25, 0.3) is 0 Å². The molecule has 0 aromatic carbocycles. The van der Waals surface area contributed by atoms with Crippen molar-refractivity contribution in [1.29, 1.82) is 0 Å². The van der Waals surface area contributed by atoms with Crippen LogP contribution in [-0.2, 0) is 28.5 Å². The Morgan fingerprint density at radius 2 is 1.81 bits per heavy atom. The molecule has 5 aliphatic rings. The highest BCUT2D eigenvalue weighted by Crippen LogP contribution is 2.72. The fourth-order valence-corrected chi connectivity index (χ4v) is 8.83. The van der Waals surface area contributed by atoms with Gasteiger partial charge in [-0.1, -0.05) is 25.8 Å². The molecule has 3 N–H and O–H groups in total. The summed E-state index contributed by atoms with van der Waals surface area (Å²) in [5, 5.41) is 11.6. The fraction of sp³-hybridized carbons (Fsp3) is 0.774. The number of hydrogen-bond donors (Lipinski definition) is 2. The van der Waals surface area contributed by atoms with Gasteiger partial charge in [-0.05, 0) is 83.1 Å². The first kappa shape index (κ1) is 31.2. The van der Waals surface area contributed by atoms with Gasteiger partial charge in [0.05, 0.1) is 18.8 Å². The second-order valence-electron chi connectivity index (χ2n) is 13.5. The smallest absolute Gasteiger partial charge is 0.434 e. The summed E-state index contributed by atoms with van der Waals surface area (Å²) in [5.74, 6) is -3.80. The van der Waals surface area contributed by atoms with Crippen LogP contribution in [0.15, 0.2) is 23.8 Å². The van der Waals surface area contributed by atoms with Crippen LogP contribution in [0.3, 0.4) is 0 Å². The molecule has 3 saturated carbocycles. The molecule has 1 saturated heterocycles. The molecule has 1 heterocycles. The van der Waals surface area contributed by atoms with E-state index in [2.05, 4.69) is 0 Å². The third-order valence-corrected chi connectivity index (χ3v) is 10.7. The number of rotatable bonds is 9. The molecule has 0 aromatic rings. The van der Waals surface area contributed by atoms with E-state index >= 15 is 8.78 Å². The fourth-order valence-electron chi connectivity index (χ4n) is 8.83. The topological polar surface area (TPSA) is 134 Å². The van der Waals surface area contributed by atoms with Gasteiger partial charge in [-0.3, -0.25) is 9.59 Å². The highest BCUT2D eigenvalue weighted by molar-refractivity contribution is 6.01. The van der Waals surface area contributed by atoms with Crippen LogP contribution in [-0.4, -0.2) is 78.0 Å². The Morgan fingerprint density at radius 1 is 1.10 bits per heavy atom. The van der Waals surface area contributed by atoms with Gasteiger partial charge in [0.1, 0.15) is 6.17 Å². The Kier molecular flexibility index (Phi) is 7.99. The minimum atomic E-state index is -2.30. The number of hydrogen-bond acceptors (Lipinski definition) is 9. The van der Waals surface area contributed by atoms with E-state index < -0.39 is 82.4 Å². The van der Waals surface area contributed by atoms with E-state index in [1.165, 1.54) is 19.1 Å². The number of aliphatic hydroxyl groups excluding tert-OH is 1. The van der Waals surface area contributed by atoms with E-state index in [9.17, 15) is 19.5 Å². The second-order valence-corrected chi connectivity index (χ2v) is 13.5.